The van der Waals surface area contributed by atoms with Gasteiger partial charge in [-0.05, 0) is 30.4 Å². The molecule has 17 heavy (non-hydrogen) atoms. The third-order valence-electron chi connectivity index (χ3n) is 3.11. The lowest BCUT2D eigenvalue weighted by atomic mass is 10.0. The maximum Gasteiger partial charge on any atom is 0.0499 e. The molecule has 1 rings (SSSR count). The van der Waals surface area contributed by atoms with Gasteiger partial charge in [0.25, 0.3) is 0 Å². The third-order valence-corrected chi connectivity index (χ3v) is 3.11. The van der Waals surface area contributed by atoms with Crippen LogP contribution in [0.4, 0.5) is 0 Å². The van der Waals surface area contributed by atoms with Gasteiger partial charge in [-0.2, -0.15) is 0 Å². The highest BCUT2D eigenvalue weighted by Crippen LogP contribution is 2.14. The van der Waals surface area contributed by atoms with E-state index in [4.69, 9.17) is 4.74 Å². The normalized spacial score (nSPS) is 14.6. The van der Waals surface area contributed by atoms with E-state index < -0.39 is 0 Å². The monoisotopic (exact) mass is 235 g/mol. The summed E-state index contributed by atoms with van der Waals surface area (Å²) in [5.74, 6) is 0.553. The van der Waals surface area contributed by atoms with Crippen molar-refractivity contribution in [3.8, 4) is 0 Å². The fourth-order valence-electron chi connectivity index (χ4n) is 1.88. The highest BCUT2D eigenvalue weighted by molar-refractivity contribution is 5.24. The van der Waals surface area contributed by atoms with Gasteiger partial charge in [0, 0.05) is 26.3 Å². The average Bonchev–Trinajstić information content (AvgIpc) is 2.36. The lowest BCUT2D eigenvalue weighted by Gasteiger charge is -2.18. The van der Waals surface area contributed by atoms with Gasteiger partial charge in [0.05, 0.1) is 0 Å². The van der Waals surface area contributed by atoms with Gasteiger partial charge in [0.15, 0.2) is 0 Å². The molecule has 0 fully saturated rings. The van der Waals surface area contributed by atoms with E-state index in [-0.39, 0.29) is 0 Å². The third kappa shape index (κ3) is 4.88. The average molecular weight is 235 g/mol. The molecule has 0 radical (unpaired) electrons. The zero-order valence-electron chi connectivity index (χ0n) is 11.5. The summed E-state index contributed by atoms with van der Waals surface area (Å²) >= 11 is 0. The first-order chi connectivity index (χ1) is 8.17. The Balaban J connectivity index is 2.43. The van der Waals surface area contributed by atoms with Crippen molar-refractivity contribution in [1.82, 2.24) is 5.32 Å². The molecule has 0 aliphatic heterocycles. The molecule has 0 aromatic heterocycles. The second kappa shape index (κ2) is 7.46. The minimum absolute atomic E-state index is 0.403. The maximum absolute atomic E-state index is 5.13. The molecular formula is C15H25NO. The molecule has 1 aromatic rings. The topological polar surface area (TPSA) is 21.3 Å². The van der Waals surface area contributed by atoms with E-state index in [1.165, 1.54) is 11.1 Å². The fraction of sp³-hybridized carbons (Fsp3) is 0.600. The Morgan fingerprint density at radius 1 is 1.18 bits per heavy atom. The summed E-state index contributed by atoms with van der Waals surface area (Å²) in [5, 5.41) is 3.54. The first kappa shape index (κ1) is 14.2. The van der Waals surface area contributed by atoms with Crippen LogP contribution < -0.4 is 5.32 Å². The van der Waals surface area contributed by atoms with Crippen molar-refractivity contribution < 1.29 is 4.74 Å². The first-order valence-electron chi connectivity index (χ1n) is 6.48. The van der Waals surface area contributed by atoms with E-state index in [2.05, 4.69) is 50.4 Å². The summed E-state index contributed by atoms with van der Waals surface area (Å²) in [6.45, 7) is 8.39. The lowest BCUT2D eigenvalue weighted by Crippen LogP contribution is -2.26. The number of aryl methyl sites for hydroxylation is 1. The molecule has 2 heteroatoms. The summed E-state index contributed by atoms with van der Waals surface area (Å²) in [6, 6.07) is 9.27. The number of hydrogen-bond acceptors (Lipinski definition) is 2. The molecular weight excluding hydrogens is 210 g/mol. The van der Waals surface area contributed by atoms with E-state index >= 15 is 0 Å². The minimum atomic E-state index is 0.403. The fourth-order valence-corrected chi connectivity index (χ4v) is 1.88. The Labute approximate surface area is 105 Å². The van der Waals surface area contributed by atoms with Gasteiger partial charge in [0.1, 0.15) is 0 Å². The summed E-state index contributed by atoms with van der Waals surface area (Å²) in [5.41, 5.74) is 2.75. The second-order valence-electron chi connectivity index (χ2n) is 4.79. The Morgan fingerprint density at radius 2 is 1.82 bits per heavy atom. The molecule has 2 unspecified atom stereocenters. The van der Waals surface area contributed by atoms with Crippen LogP contribution in [0.3, 0.4) is 0 Å². The molecule has 1 aromatic carbocycles. The molecule has 0 spiro atoms. The molecule has 0 heterocycles. The number of ether oxygens (including phenoxy) is 1. The van der Waals surface area contributed by atoms with E-state index in [9.17, 15) is 0 Å². The molecule has 1 N–H and O–H groups in total. The SMILES string of the molecule is CCc1ccc(C(C)NCC(C)COC)cc1. The van der Waals surface area contributed by atoms with Crippen LogP contribution >= 0.6 is 0 Å². The largest absolute Gasteiger partial charge is 0.384 e. The van der Waals surface area contributed by atoms with Crippen LogP contribution in [0.15, 0.2) is 24.3 Å². The maximum atomic E-state index is 5.13. The quantitative estimate of drug-likeness (QED) is 0.783. The standard InChI is InChI=1S/C15H25NO/c1-5-14-6-8-15(9-7-14)13(3)16-10-12(2)11-17-4/h6-9,12-13,16H,5,10-11H2,1-4H3. The number of hydrogen-bond donors (Lipinski definition) is 1. The number of nitrogens with one attached hydrogen (secondary N) is 1. The molecule has 0 saturated heterocycles. The lowest BCUT2D eigenvalue weighted by molar-refractivity contribution is 0.157. The predicted octanol–water partition coefficient (Wildman–Crippen LogP) is 3.18. The van der Waals surface area contributed by atoms with Gasteiger partial charge in [-0.3, -0.25) is 0 Å². The van der Waals surface area contributed by atoms with E-state index in [0.29, 0.717) is 12.0 Å². The van der Waals surface area contributed by atoms with Crippen molar-refractivity contribution in [2.45, 2.75) is 33.2 Å². The predicted molar refractivity (Wildman–Crippen MR) is 73.3 cm³/mol. The van der Waals surface area contributed by atoms with Crippen molar-refractivity contribution >= 4 is 0 Å². The van der Waals surface area contributed by atoms with E-state index in [0.717, 1.165) is 19.6 Å². The number of rotatable bonds is 7. The molecule has 2 atom stereocenters. The summed E-state index contributed by atoms with van der Waals surface area (Å²) in [7, 11) is 1.75. The Hall–Kier alpha value is -0.860. The molecule has 2 nitrogen and oxygen atoms in total. The van der Waals surface area contributed by atoms with E-state index in [1.807, 2.05) is 0 Å². The molecule has 0 amide bonds. The Bertz CT molecular complexity index is 307. The smallest absolute Gasteiger partial charge is 0.0499 e. The van der Waals surface area contributed by atoms with Crippen molar-refractivity contribution in [2.75, 3.05) is 20.3 Å². The summed E-state index contributed by atoms with van der Waals surface area (Å²) in [4.78, 5) is 0. The van der Waals surface area contributed by atoms with Crippen LogP contribution in [0, 0.1) is 5.92 Å². The van der Waals surface area contributed by atoms with Crippen molar-refractivity contribution in [2.24, 2.45) is 5.92 Å². The van der Waals surface area contributed by atoms with Crippen LogP contribution in [0.1, 0.15) is 37.9 Å². The van der Waals surface area contributed by atoms with Gasteiger partial charge in [-0.25, -0.2) is 0 Å². The molecule has 0 bridgehead atoms. The molecule has 0 aliphatic rings. The Kier molecular flexibility index (Phi) is 6.23. The van der Waals surface area contributed by atoms with Crippen molar-refractivity contribution in [3.63, 3.8) is 0 Å². The second-order valence-corrected chi connectivity index (χ2v) is 4.79. The highest BCUT2D eigenvalue weighted by Gasteiger charge is 2.07. The van der Waals surface area contributed by atoms with Crippen LogP contribution in [-0.4, -0.2) is 20.3 Å². The van der Waals surface area contributed by atoms with Crippen molar-refractivity contribution in [1.29, 1.82) is 0 Å². The summed E-state index contributed by atoms with van der Waals surface area (Å²) < 4.78 is 5.13. The number of methoxy groups -OCH3 is 1. The van der Waals surface area contributed by atoms with Crippen LogP contribution in [0.2, 0.25) is 0 Å². The van der Waals surface area contributed by atoms with E-state index in [1.54, 1.807) is 7.11 Å². The van der Waals surface area contributed by atoms with Gasteiger partial charge in [-0.1, -0.05) is 38.1 Å². The molecule has 0 aliphatic carbocycles. The summed E-state index contributed by atoms with van der Waals surface area (Å²) in [6.07, 6.45) is 1.10. The van der Waals surface area contributed by atoms with Crippen LogP contribution in [0.25, 0.3) is 0 Å². The molecule has 0 saturated carbocycles. The van der Waals surface area contributed by atoms with Crippen LogP contribution in [0.5, 0.6) is 0 Å². The number of benzene rings is 1. The zero-order valence-corrected chi connectivity index (χ0v) is 11.5. The van der Waals surface area contributed by atoms with Gasteiger partial charge in [0.2, 0.25) is 0 Å². The first-order valence-corrected chi connectivity index (χ1v) is 6.48. The van der Waals surface area contributed by atoms with Crippen molar-refractivity contribution in [3.05, 3.63) is 35.4 Å². The van der Waals surface area contributed by atoms with Gasteiger partial charge < -0.3 is 10.1 Å². The Morgan fingerprint density at radius 3 is 2.35 bits per heavy atom. The minimum Gasteiger partial charge on any atom is -0.384 e. The van der Waals surface area contributed by atoms with Crippen LogP contribution in [-0.2, 0) is 11.2 Å². The highest BCUT2D eigenvalue weighted by atomic mass is 16.5. The molecule has 96 valence electrons. The zero-order chi connectivity index (χ0) is 12.7. The van der Waals surface area contributed by atoms with Gasteiger partial charge >= 0.3 is 0 Å². The van der Waals surface area contributed by atoms with Gasteiger partial charge in [-0.15, -0.1) is 0 Å².